The van der Waals surface area contributed by atoms with E-state index in [-0.39, 0.29) is 5.54 Å². The first kappa shape index (κ1) is 9.26. The molecule has 0 bridgehead atoms. The lowest BCUT2D eigenvalue weighted by molar-refractivity contribution is 0.355. The zero-order chi connectivity index (χ0) is 9.19. The van der Waals surface area contributed by atoms with Gasteiger partial charge < -0.3 is 5.73 Å². The van der Waals surface area contributed by atoms with Gasteiger partial charge in [-0.1, -0.05) is 0 Å². The van der Waals surface area contributed by atoms with Gasteiger partial charge in [-0.2, -0.15) is 5.10 Å². The Morgan fingerprint density at radius 3 is 2.58 bits per heavy atom. The van der Waals surface area contributed by atoms with Crippen LogP contribution in [0.25, 0.3) is 0 Å². The number of nitrogens with two attached hydrogens (primary N) is 1. The molecule has 0 fully saturated rings. The lowest BCUT2D eigenvalue weighted by atomic mass is 10.1. The molecule has 0 aliphatic heterocycles. The van der Waals surface area contributed by atoms with E-state index < -0.39 is 0 Å². The van der Waals surface area contributed by atoms with E-state index >= 15 is 0 Å². The van der Waals surface area contributed by atoms with Gasteiger partial charge in [0.2, 0.25) is 0 Å². The van der Waals surface area contributed by atoms with Crippen LogP contribution in [-0.2, 0) is 12.0 Å². The topological polar surface area (TPSA) is 43.8 Å². The van der Waals surface area contributed by atoms with Crippen LogP contribution in [0, 0.1) is 0 Å². The number of nitrogens with zero attached hydrogens (tertiary/aromatic N) is 2. The average molecular weight is 167 g/mol. The van der Waals surface area contributed by atoms with E-state index in [4.69, 9.17) is 5.73 Å². The summed E-state index contributed by atoms with van der Waals surface area (Å²) >= 11 is 0. The number of aromatic nitrogens is 2. The zero-order valence-corrected chi connectivity index (χ0v) is 8.04. The van der Waals surface area contributed by atoms with Crippen LogP contribution in [0.5, 0.6) is 0 Å². The molecule has 0 atom stereocenters. The number of hydrogen-bond acceptors (Lipinski definition) is 2. The molecule has 3 heteroatoms. The highest BCUT2D eigenvalue weighted by Crippen LogP contribution is 2.12. The van der Waals surface area contributed by atoms with Crippen LogP contribution in [0.3, 0.4) is 0 Å². The smallest absolute Gasteiger partial charge is 0.0543 e. The molecule has 0 amide bonds. The van der Waals surface area contributed by atoms with Gasteiger partial charge in [-0.3, -0.25) is 4.68 Å². The Bertz CT molecular complexity index is 245. The fourth-order valence-corrected chi connectivity index (χ4v) is 1.02. The Kier molecular flexibility index (Phi) is 2.52. The van der Waals surface area contributed by atoms with Gasteiger partial charge in [0, 0.05) is 6.20 Å². The van der Waals surface area contributed by atoms with E-state index in [1.165, 1.54) is 5.56 Å². The summed E-state index contributed by atoms with van der Waals surface area (Å²) in [5.41, 5.74) is 6.73. The zero-order valence-electron chi connectivity index (χ0n) is 8.04. The molecule has 0 aliphatic carbocycles. The second kappa shape index (κ2) is 3.27. The Labute approximate surface area is 73.6 Å². The normalized spacial score (nSPS) is 12.0. The van der Waals surface area contributed by atoms with Gasteiger partial charge in [-0.25, -0.2) is 0 Å². The van der Waals surface area contributed by atoms with Crippen molar-refractivity contribution in [3.8, 4) is 0 Å². The predicted octanol–water partition coefficient (Wildman–Crippen LogP) is 1.14. The van der Waals surface area contributed by atoms with Crippen LogP contribution in [0.4, 0.5) is 0 Å². The average Bonchev–Trinajstić information content (AvgIpc) is 2.35. The Hall–Kier alpha value is -0.830. The summed E-state index contributed by atoms with van der Waals surface area (Å²) in [6.07, 6.45) is 4.86. The van der Waals surface area contributed by atoms with Crippen molar-refractivity contribution >= 4 is 0 Å². The molecular formula is C9H17N3. The quantitative estimate of drug-likeness (QED) is 0.717. The first-order valence-electron chi connectivity index (χ1n) is 4.28. The number of hydrogen-bond donors (Lipinski definition) is 1. The third kappa shape index (κ3) is 2.08. The van der Waals surface area contributed by atoms with Crippen LogP contribution >= 0.6 is 0 Å². The van der Waals surface area contributed by atoms with Crippen molar-refractivity contribution in [3.05, 3.63) is 18.0 Å². The van der Waals surface area contributed by atoms with E-state index in [0.29, 0.717) is 6.54 Å². The van der Waals surface area contributed by atoms with Crippen molar-refractivity contribution in [2.24, 2.45) is 5.73 Å². The molecule has 1 rings (SSSR count). The standard InChI is InChI=1S/C9H17N3/c1-9(2,3)12-7-8(4-5-10)6-11-12/h6-7H,4-5,10H2,1-3H3. The van der Waals surface area contributed by atoms with E-state index in [9.17, 15) is 0 Å². The summed E-state index contributed by atoms with van der Waals surface area (Å²) in [5, 5.41) is 4.27. The van der Waals surface area contributed by atoms with E-state index in [1.54, 1.807) is 0 Å². The molecule has 12 heavy (non-hydrogen) atoms. The van der Waals surface area contributed by atoms with Crippen LogP contribution in [0.2, 0.25) is 0 Å². The minimum absolute atomic E-state index is 0.0762. The molecule has 1 aromatic heterocycles. The minimum Gasteiger partial charge on any atom is -0.330 e. The predicted molar refractivity (Wildman–Crippen MR) is 50.0 cm³/mol. The lowest BCUT2D eigenvalue weighted by Gasteiger charge is -2.18. The molecule has 0 saturated heterocycles. The number of rotatable bonds is 2. The van der Waals surface area contributed by atoms with Gasteiger partial charge in [-0.05, 0) is 39.3 Å². The van der Waals surface area contributed by atoms with Crippen molar-refractivity contribution < 1.29 is 0 Å². The molecule has 0 radical (unpaired) electrons. The fourth-order valence-electron chi connectivity index (χ4n) is 1.02. The van der Waals surface area contributed by atoms with E-state index in [1.807, 2.05) is 10.9 Å². The van der Waals surface area contributed by atoms with Gasteiger partial charge in [0.15, 0.2) is 0 Å². The maximum absolute atomic E-state index is 5.44. The van der Waals surface area contributed by atoms with Crippen LogP contribution in [0.15, 0.2) is 12.4 Å². The molecule has 3 nitrogen and oxygen atoms in total. The summed E-state index contributed by atoms with van der Waals surface area (Å²) in [7, 11) is 0. The highest BCUT2D eigenvalue weighted by molar-refractivity contribution is 5.05. The summed E-state index contributed by atoms with van der Waals surface area (Å²) < 4.78 is 1.97. The molecule has 0 aliphatic rings. The summed E-state index contributed by atoms with van der Waals surface area (Å²) in [6.45, 7) is 7.08. The van der Waals surface area contributed by atoms with Gasteiger partial charge in [0.05, 0.1) is 11.7 Å². The molecule has 0 spiro atoms. The van der Waals surface area contributed by atoms with Crippen LogP contribution in [0.1, 0.15) is 26.3 Å². The minimum atomic E-state index is 0.0762. The van der Waals surface area contributed by atoms with Crippen molar-refractivity contribution in [3.63, 3.8) is 0 Å². The Morgan fingerprint density at radius 1 is 1.50 bits per heavy atom. The van der Waals surface area contributed by atoms with Gasteiger partial charge in [0.25, 0.3) is 0 Å². The van der Waals surface area contributed by atoms with Crippen molar-refractivity contribution in [1.82, 2.24) is 9.78 Å². The van der Waals surface area contributed by atoms with E-state index in [2.05, 4.69) is 32.1 Å². The molecule has 1 heterocycles. The molecule has 2 N–H and O–H groups in total. The highest BCUT2D eigenvalue weighted by Gasteiger charge is 2.13. The maximum Gasteiger partial charge on any atom is 0.0543 e. The fraction of sp³-hybridized carbons (Fsp3) is 0.667. The molecule has 0 aromatic carbocycles. The first-order valence-corrected chi connectivity index (χ1v) is 4.28. The summed E-state index contributed by atoms with van der Waals surface area (Å²) in [4.78, 5) is 0. The van der Waals surface area contributed by atoms with Gasteiger partial charge in [-0.15, -0.1) is 0 Å². The van der Waals surface area contributed by atoms with Crippen LogP contribution in [-0.4, -0.2) is 16.3 Å². The van der Waals surface area contributed by atoms with Crippen molar-refractivity contribution in [1.29, 1.82) is 0 Å². The maximum atomic E-state index is 5.44. The van der Waals surface area contributed by atoms with Crippen molar-refractivity contribution in [2.75, 3.05) is 6.54 Å². The van der Waals surface area contributed by atoms with Crippen LogP contribution < -0.4 is 5.73 Å². The molecular weight excluding hydrogens is 150 g/mol. The molecule has 0 unspecified atom stereocenters. The summed E-state index contributed by atoms with van der Waals surface area (Å²) in [5.74, 6) is 0. The SMILES string of the molecule is CC(C)(C)n1cc(CCN)cn1. The second-order valence-corrected chi connectivity index (χ2v) is 4.00. The Morgan fingerprint density at radius 2 is 2.17 bits per heavy atom. The van der Waals surface area contributed by atoms with E-state index in [0.717, 1.165) is 6.42 Å². The molecule has 0 saturated carbocycles. The third-order valence-electron chi connectivity index (χ3n) is 1.76. The largest absolute Gasteiger partial charge is 0.330 e. The Balaban J connectivity index is 2.77. The molecule has 1 aromatic rings. The summed E-state index contributed by atoms with van der Waals surface area (Å²) in [6, 6.07) is 0. The molecule has 68 valence electrons. The van der Waals surface area contributed by atoms with Gasteiger partial charge in [0.1, 0.15) is 0 Å². The third-order valence-corrected chi connectivity index (χ3v) is 1.76. The van der Waals surface area contributed by atoms with Crippen molar-refractivity contribution in [2.45, 2.75) is 32.7 Å². The second-order valence-electron chi connectivity index (χ2n) is 4.00. The van der Waals surface area contributed by atoms with Gasteiger partial charge >= 0.3 is 0 Å². The first-order chi connectivity index (χ1) is 5.54. The monoisotopic (exact) mass is 167 g/mol. The highest BCUT2D eigenvalue weighted by atomic mass is 15.3. The lowest BCUT2D eigenvalue weighted by Crippen LogP contribution is -2.21.